The second-order valence-electron chi connectivity index (χ2n) is 11.3. The van der Waals surface area contributed by atoms with E-state index in [0.717, 1.165) is 55.3 Å². The van der Waals surface area contributed by atoms with Crippen LogP contribution in [0.4, 0.5) is 0 Å². The highest BCUT2D eigenvalue weighted by molar-refractivity contribution is 5.85. The number of allylic oxidation sites excluding steroid dienone is 1. The number of nitrogens with zero attached hydrogens (tertiary/aromatic N) is 1. The zero-order valence-corrected chi connectivity index (χ0v) is 17.7. The largest absolute Gasteiger partial charge is 0.390 e. The van der Waals surface area contributed by atoms with Crippen molar-refractivity contribution in [2.45, 2.75) is 90.1 Å². The minimum absolute atomic E-state index is 0.227. The van der Waals surface area contributed by atoms with Gasteiger partial charge in [-0.25, -0.2) is 0 Å². The zero-order chi connectivity index (χ0) is 19.5. The quantitative estimate of drug-likeness (QED) is 0.716. The van der Waals surface area contributed by atoms with Crippen LogP contribution in [0.3, 0.4) is 0 Å². The molecule has 3 heteroatoms. The van der Waals surface area contributed by atoms with Crippen molar-refractivity contribution >= 4 is 12.0 Å². The lowest BCUT2D eigenvalue weighted by atomic mass is 9.49. The van der Waals surface area contributed by atoms with Gasteiger partial charge >= 0.3 is 0 Å². The van der Waals surface area contributed by atoms with Crippen molar-refractivity contribution in [1.82, 2.24) is 0 Å². The Morgan fingerprint density at radius 2 is 1.89 bits per heavy atom. The van der Waals surface area contributed by atoms with Crippen molar-refractivity contribution < 1.29 is 9.90 Å². The fourth-order valence-corrected chi connectivity index (χ4v) is 8.46. The molecule has 3 nitrogen and oxygen atoms in total. The first kappa shape index (κ1) is 19.0. The molecule has 0 aromatic heterocycles. The zero-order valence-electron chi connectivity index (χ0n) is 17.7. The molecular weight excluding hydrogens is 346 g/mol. The molecule has 8 atom stereocenters. The van der Waals surface area contributed by atoms with Crippen LogP contribution in [0.5, 0.6) is 0 Å². The van der Waals surface area contributed by atoms with E-state index in [2.05, 4.69) is 11.9 Å². The molecule has 0 aromatic rings. The summed E-state index contributed by atoms with van der Waals surface area (Å²) in [5.41, 5.74) is 1.01. The van der Waals surface area contributed by atoms with E-state index in [1.165, 1.54) is 44.1 Å². The lowest BCUT2D eigenvalue weighted by molar-refractivity contribution is -0.131. The second-order valence-corrected chi connectivity index (χ2v) is 11.3. The average Bonchev–Trinajstić information content (AvgIpc) is 3.27. The van der Waals surface area contributed by atoms with Crippen LogP contribution in [-0.4, -0.2) is 22.7 Å². The highest BCUT2D eigenvalue weighted by Crippen LogP contribution is 2.64. The Kier molecular flexibility index (Phi) is 4.61. The number of ketones is 1. The number of hydrogen-bond acceptors (Lipinski definition) is 3. The normalized spacial score (nSPS) is 49.9. The van der Waals surface area contributed by atoms with Gasteiger partial charge in [-0.15, -0.1) is 0 Å². The number of aliphatic hydroxyl groups is 1. The Morgan fingerprint density at radius 1 is 1.07 bits per heavy atom. The van der Waals surface area contributed by atoms with Gasteiger partial charge < -0.3 is 5.11 Å². The SMILES string of the molecule is C[C@@]1(O)CC[C@H]2[C@H](CC[C@@H]3[C@@H]2CC[C@]2(C)[C@@H](C(=O)CC4=CN=CC4)CC[C@@H]32)C1. The average molecular weight is 384 g/mol. The van der Waals surface area contributed by atoms with Crippen LogP contribution < -0.4 is 0 Å². The number of fused-ring (bicyclic) bond motifs is 5. The third-order valence-corrected chi connectivity index (χ3v) is 9.74. The molecule has 4 saturated carbocycles. The molecule has 4 aliphatic carbocycles. The summed E-state index contributed by atoms with van der Waals surface area (Å²) in [5, 5.41) is 10.6. The van der Waals surface area contributed by atoms with E-state index in [0.29, 0.717) is 12.2 Å². The van der Waals surface area contributed by atoms with Gasteiger partial charge in [0.15, 0.2) is 0 Å². The Hall–Kier alpha value is -0.960. The smallest absolute Gasteiger partial charge is 0.140 e. The Labute approximate surface area is 170 Å². The van der Waals surface area contributed by atoms with E-state index < -0.39 is 5.60 Å². The predicted octanol–water partition coefficient (Wildman–Crippen LogP) is 5.32. The van der Waals surface area contributed by atoms with E-state index in [1.54, 1.807) is 0 Å². The van der Waals surface area contributed by atoms with Gasteiger partial charge in [-0.3, -0.25) is 9.79 Å². The molecule has 0 unspecified atom stereocenters. The van der Waals surface area contributed by atoms with E-state index in [1.807, 2.05) is 19.3 Å². The van der Waals surface area contributed by atoms with E-state index in [4.69, 9.17) is 0 Å². The second kappa shape index (κ2) is 6.79. The fourth-order valence-electron chi connectivity index (χ4n) is 8.46. The molecule has 5 rings (SSSR count). The van der Waals surface area contributed by atoms with Crippen molar-refractivity contribution in [3.63, 3.8) is 0 Å². The van der Waals surface area contributed by atoms with Crippen molar-refractivity contribution in [2.24, 2.45) is 45.9 Å². The Bertz CT molecular complexity index is 707. The number of carbonyl (C=O) groups excluding carboxylic acids is 1. The van der Waals surface area contributed by atoms with Crippen molar-refractivity contribution in [3.8, 4) is 0 Å². The monoisotopic (exact) mass is 383 g/mol. The van der Waals surface area contributed by atoms with Gasteiger partial charge in [0.2, 0.25) is 0 Å². The minimum Gasteiger partial charge on any atom is -0.390 e. The maximum Gasteiger partial charge on any atom is 0.140 e. The van der Waals surface area contributed by atoms with Gasteiger partial charge in [0.05, 0.1) is 5.60 Å². The fraction of sp³-hybridized carbons (Fsp3) is 0.840. The summed E-state index contributed by atoms with van der Waals surface area (Å²) in [6, 6.07) is 0. The number of rotatable bonds is 3. The van der Waals surface area contributed by atoms with Gasteiger partial charge in [0.1, 0.15) is 5.78 Å². The molecule has 0 saturated heterocycles. The lowest BCUT2D eigenvalue weighted by Gasteiger charge is -2.56. The molecule has 1 N–H and O–H groups in total. The molecule has 4 fully saturated rings. The van der Waals surface area contributed by atoms with Crippen molar-refractivity contribution in [2.75, 3.05) is 0 Å². The molecule has 0 radical (unpaired) electrons. The van der Waals surface area contributed by atoms with Gasteiger partial charge in [0, 0.05) is 31.2 Å². The Balaban J connectivity index is 1.31. The number of carbonyl (C=O) groups is 1. The van der Waals surface area contributed by atoms with Gasteiger partial charge in [-0.2, -0.15) is 0 Å². The third-order valence-electron chi connectivity index (χ3n) is 9.74. The molecule has 28 heavy (non-hydrogen) atoms. The summed E-state index contributed by atoms with van der Waals surface area (Å²) in [4.78, 5) is 17.4. The predicted molar refractivity (Wildman–Crippen MR) is 112 cm³/mol. The number of Topliss-reactive ketones (excluding diaryl/α,β-unsaturated/α-hetero) is 1. The topological polar surface area (TPSA) is 49.7 Å². The van der Waals surface area contributed by atoms with E-state index in [9.17, 15) is 9.90 Å². The van der Waals surface area contributed by atoms with Crippen LogP contribution in [0.1, 0.15) is 84.5 Å². The van der Waals surface area contributed by atoms with Crippen LogP contribution in [-0.2, 0) is 4.79 Å². The summed E-state index contributed by atoms with van der Waals surface area (Å²) < 4.78 is 0. The maximum absolute atomic E-state index is 13.2. The van der Waals surface area contributed by atoms with Crippen LogP contribution in [0.2, 0.25) is 0 Å². The molecule has 5 aliphatic rings. The van der Waals surface area contributed by atoms with Gasteiger partial charge in [-0.05, 0) is 105 Å². The summed E-state index contributed by atoms with van der Waals surface area (Å²) in [6.07, 6.45) is 16.1. The minimum atomic E-state index is -0.430. The Morgan fingerprint density at radius 3 is 2.68 bits per heavy atom. The molecule has 1 aliphatic heterocycles. The summed E-state index contributed by atoms with van der Waals surface area (Å²) in [5.74, 6) is 4.76. The van der Waals surface area contributed by atoms with Crippen molar-refractivity contribution in [3.05, 3.63) is 11.8 Å². The summed E-state index contributed by atoms with van der Waals surface area (Å²) >= 11 is 0. The van der Waals surface area contributed by atoms with Crippen LogP contribution in [0.25, 0.3) is 0 Å². The van der Waals surface area contributed by atoms with Crippen LogP contribution >= 0.6 is 0 Å². The molecule has 1 heterocycles. The molecule has 0 aromatic carbocycles. The van der Waals surface area contributed by atoms with Gasteiger partial charge in [-0.1, -0.05) is 6.92 Å². The number of aliphatic imine (C=N–C) groups is 1. The standard InChI is InChI=1S/C25H37NO2/c1-24(28)10-7-18-17(14-24)3-4-20-19(18)8-11-25(2)21(20)5-6-22(25)23(27)13-16-9-12-26-15-16/h12,15,17-22,28H,3-11,13-14H2,1-2H3/t17-,18+,19-,20-,21+,22-,24-,25+/m1/s1. The van der Waals surface area contributed by atoms with Crippen LogP contribution in [0.15, 0.2) is 16.8 Å². The van der Waals surface area contributed by atoms with Crippen LogP contribution in [0, 0.1) is 40.9 Å². The molecule has 0 bridgehead atoms. The molecular formula is C25H37NO2. The summed E-state index contributed by atoms with van der Waals surface area (Å²) in [6.45, 7) is 4.51. The highest BCUT2D eigenvalue weighted by atomic mass is 16.3. The van der Waals surface area contributed by atoms with Gasteiger partial charge in [0.25, 0.3) is 0 Å². The molecule has 154 valence electrons. The number of hydrogen-bond donors (Lipinski definition) is 1. The highest BCUT2D eigenvalue weighted by Gasteiger charge is 2.58. The first-order valence-corrected chi connectivity index (χ1v) is 11.8. The third kappa shape index (κ3) is 3.04. The van der Waals surface area contributed by atoms with E-state index in [-0.39, 0.29) is 11.3 Å². The maximum atomic E-state index is 13.2. The molecule has 0 amide bonds. The lowest BCUT2D eigenvalue weighted by Crippen LogP contribution is -2.51. The summed E-state index contributed by atoms with van der Waals surface area (Å²) in [7, 11) is 0. The first-order chi connectivity index (χ1) is 13.4. The molecule has 0 spiro atoms. The van der Waals surface area contributed by atoms with E-state index >= 15 is 0 Å². The van der Waals surface area contributed by atoms with Crippen molar-refractivity contribution in [1.29, 1.82) is 0 Å². The first-order valence-electron chi connectivity index (χ1n) is 11.8.